The van der Waals surface area contributed by atoms with E-state index in [0.29, 0.717) is 43.2 Å². The van der Waals surface area contributed by atoms with Gasteiger partial charge in [-0.15, -0.1) is 0 Å². The molecular weight excluding hydrogens is 614 g/mol. The second-order valence-electron chi connectivity index (χ2n) is 13.0. The van der Waals surface area contributed by atoms with Gasteiger partial charge in [0.25, 0.3) is 5.91 Å². The van der Waals surface area contributed by atoms with Crippen LogP contribution in [-0.2, 0) is 28.0 Å². The van der Waals surface area contributed by atoms with Gasteiger partial charge in [0, 0.05) is 42.9 Å². The number of nitrogens with zero attached hydrogens (tertiary/aromatic N) is 2. The Balaban J connectivity index is 1.37. The number of hydrogen-bond acceptors (Lipinski definition) is 7. The molecule has 2 aliphatic carbocycles. The number of nitrogens with one attached hydrogen (secondary N) is 1. The van der Waals surface area contributed by atoms with E-state index in [1.165, 1.54) is 9.87 Å². The van der Waals surface area contributed by atoms with Crippen LogP contribution in [0.3, 0.4) is 0 Å². The molecule has 1 amide bonds. The average Bonchev–Trinajstić information content (AvgIpc) is 2.99. The number of carbonyl (C=O) groups is 1. The van der Waals surface area contributed by atoms with Crippen molar-refractivity contribution in [1.29, 1.82) is 0 Å². The summed E-state index contributed by atoms with van der Waals surface area (Å²) in [5.41, 5.74) is 3.24. The topological polar surface area (TPSA) is 108 Å². The molecule has 2 bridgehead atoms. The van der Waals surface area contributed by atoms with E-state index in [9.17, 15) is 18.3 Å². The molecular formula is C34H44ClN3O6S. The Labute approximate surface area is 271 Å². The van der Waals surface area contributed by atoms with E-state index < -0.39 is 28.3 Å². The van der Waals surface area contributed by atoms with Crippen molar-refractivity contribution in [3.63, 3.8) is 0 Å². The molecule has 0 aromatic heterocycles. The molecule has 2 aromatic carbocycles. The van der Waals surface area contributed by atoms with Crippen molar-refractivity contribution in [3.8, 4) is 5.75 Å². The van der Waals surface area contributed by atoms with Crippen LogP contribution in [0, 0.1) is 11.8 Å². The molecule has 4 atom stereocenters. The Bertz CT molecular complexity index is 1530. The predicted molar refractivity (Wildman–Crippen MR) is 175 cm³/mol. The number of benzene rings is 2. The summed E-state index contributed by atoms with van der Waals surface area (Å²) in [6.07, 6.45) is 9.33. The lowest BCUT2D eigenvalue weighted by Crippen LogP contribution is -2.57. The minimum absolute atomic E-state index is 0.0116. The maximum absolute atomic E-state index is 13.8. The Morgan fingerprint density at radius 3 is 2.67 bits per heavy atom. The zero-order chi connectivity index (χ0) is 31.7. The summed E-state index contributed by atoms with van der Waals surface area (Å²) < 4.78 is 43.2. The van der Waals surface area contributed by atoms with Crippen LogP contribution in [-0.4, -0.2) is 68.2 Å². The molecule has 2 saturated carbocycles. The number of halogens is 1. The molecule has 9 nitrogen and oxygen atoms in total. The Morgan fingerprint density at radius 2 is 1.91 bits per heavy atom. The molecule has 2 aromatic rings. The first kappa shape index (κ1) is 32.3. The number of carbonyl (C=O) groups excluding carboxylic acids is 1. The average molecular weight is 658 g/mol. The number of aliphatic hydroxyl groups excluding tert-OH is 1. The standard InChI is InChI=1S/C34H44ClN3O6S/c1-22-6-5-8-32(39)30-13-10-25(30)20-37-15-4-3-7-23-16-27(35)12-9-26(23)21-44-33-14-11-24(17-31(33)37)34(40)36-45(41,42)38(22)28-18-29(19-28)43-2/h5,8-9,11-12,14,16-17,22,25,28-30,32,39H,3-4,6-7,10,13,15,18-21H2,1-2H3,(H,36,40)/b8-5-/t22-,25-,28-,29+,30+,32-/m0/s1. The lowest BCUT2D eigenvalue weighted by Gasteiger charge is -2.44. The van der Waals surface area contributed by atoms with Crippen molar-refractivity contribution in [2.24, 2.45) is 11.8 Å². The molecule has 2 heterocycles. The second kappa shape index (κ2) is 13.6. The van der Waals surface area contributed by atoms with Gasteiger partial charge >= 0.3 is 10.2 Å². The molecule has 0 unspecified atom stereocenters. The highest BCUT2D eigenvalue weighted by molar-refractivity contribution is 7.87. The number of aliphatic hydroxyl groups is 1. The van der Waals surface area contributed by atoms with Crippen LogP contribution in [0.25, 0.3) is 0 Å². The van der Waals surface area contributed by atoms with Gasteiger partial charge < -0.3 is 19.5 Å². The molecule has 0 radical (unpaired) electrons. The first-order chi connectivity index (χ1) is 21.6. The lowest BCUT2D eigenvalue weighted by molar-refractivity contribution is -0.0110. The van der Waals surface area contributed by atoms with E-state index in [4.69, 9.17) is 21.1 Å². The van der Waals surface area contributed by atoms with E-state index in [2.05, 4.69) is 9.62 Å². The third kappa shape index (κ3) is 7.05. The SMILES string of the molecule is CO[C@H]1C[C@@H](N2[C@@H](C)C/C=C\[C@H](O)[C@@H]3CC[C@H]3CN3CCCCc4cc(Cl)ccc4COc4ccc(cc43)C(=O)NS2(=O)=O)C1. The zero-order valence-electron chi connectivity index (χ0n) is 26.0. The highest BCUT2D eigenvalue weighted by atomic mass is 35.5. The molecule has 2 N–H and O–H groups in total. The maximum atomic E-state index is 13.8. The number of hydrogen-bond donors (Lipinski definition) is 2. The highest BCUT2D eigenvalue weighted by Gasteiger charge is 2.43. The van der Waals surface area contributed by atoms with E-state index in [0.717, 1.165) is 49.9 Å². The van der Waals surface area contributed by atoms with Gasteiger partial charge in [-0.2, -0.15) is 12.7 Å². The zero-order valence-corrected chi connectivity index (χ0v) is 27.6. The molecule has 244 valence electrons. The van der Waals surface area contributed by atoms with Crippen molar-refractivity contribution in [1.82, 2.24) is 9.03 Å². The van der Waals surface area contributed by atoms with E-state index in [-0.39, 0.29) is 29.5 Å². The smallest absolute Gasteiger partial charge is 0.304 e. The van der Waals surface area contributed by atoms with Crippen LogP contribution in [0.1, 0.15) is 73.4 Å². The number of ether oxygens (including phenoxy) is 2. The number of aryl methyl sites for hydroxylation is 1. The first-order valence-corrected chi connectivity index (χ1v) is 18.0. The van der Waals surface area contributed by atoms with Gasteiger partial charge in [-0.25, -0.2) is 4.72 Å². The van der Waals surface area contributed by atoms with Crippen molar-refractivity contribution in [2.75, 3.05) is 25.1 Å². The number of anilines is 1. The molecule has 45 heavy (non-hydrogen) atoms. The van der Waals surface area contributed by atoms with Gasteiger partial charge in [0.2, 0.25) is 0 Å². The summed E-state index contributed by atoms with van der Waals surface area (Å²) in [6.45, 7) is 3.63. The summed E-state index contributed by atoms with van der Waals surface area (Å²) in [6, 6.07) is 10.3. The van der Waals surface area contributed by atoms with E-state index in [1.54, 1.807) is 25.3 Å². The number of amides is 1. The number of fused-ring (bicyclic) bond motifs is 3. The van der Waals surface area contributed by atoms with E-state index >= 15 is 0 Å². The second-order valence-corrected chi connectivity index (χ2v) is 15.1. The third-order valence-electron chi connectivity index (χ3n) is 10.1. The van der Waals surface area contributed by atoms with Crippen LogP contribution in [0.2, 0.25) is 5.02 Å². The lowest BCUT2D eigenvalue weighted by atomic mass is 9.70. The number of rotatable bonds is 2. The Kier molecular flexibility index (Phi) is 9.78. The van der Waals surface area contributed by atoms with Crippen LogP contribution >= 0.6 is 11.6 Å². The maximum Gasteiger partial charge on any atom is 0.304 e. The minimum Gasteiger partial charge on any atom is -0.487 e. The molecule has 2 aliphatic heterocycles. The molecule has 4 aliphatic rings. The van der Waals surface area contributed by atoms with Crippen molar-refractivity contribution in [2.45, 2.75) is 89.2 Å². The van der Waals surface area contributed by atoms with Gasteiger partial charge in [-0.1, -0.05) is 29.8 Å². The summed E-state index contributed by atoms with van der Waals surface area (Å²) in [5, 5.41) is 11.9. The minimum atomic E-state index is -4.19. The molecule has 6 rings (SSSR count). The predicted octanol–water partition coefficient (Wildman–Crippen LogP) is 5.25. The fourth-order valence-corrected chi connectivity index (χ4v) is 9.03. The van der Waals surface area contributed by atoms with Crippen molar-refractivity contribution < 1.29 is 27.8 Å². The summed E-state index contributed by atoms with van der Waals surface area (Å²) in [4.78, 5) is 15.9. The molecule has 11 heteroatoms. The summed E-state index contributed by atoms with van der Waals surface area (Å²) >= 11 is 6.32. The Hall–Kier alpha value is -2.63. The Morgan fingerprint density at radius 1 is 1.09 bits per heavy atom. The van der Waals surface area contributed by atoms with Gasteiger partial charge in [-0.05, 0) is 112 Å². The molecule has 0 saturated heterocycles. The van der Waals surface area contributed by atoms with Crippen molar-refractivity contribution >= 4 is 33.4 Å². The van der Waals surface area contributed by atoms with Gasteiger partial charge in [-0.3, -0.25) is 4.79 Å². The normalized spacial score (nSPS) is 31.5. The first-order valence-electron chi connectivity index (χ1n) is 16.1. The van der Waals surface area contributed by atoms with E-state index in [1.807, 2.05) is 37.3 Å². The number of methoxy groups -OCH3 is 1. The third-order valence-corrected chi connectivity index (χ3v) is 12.0. The largest absolute Gasteiger partial charge is 0.487 e. The van der Waals surface area contributed by atoms with Gasteiger partial charge in [0.1, 0.15) is 12.4 Å². The fraction of sp³-hybridized carbons (Fsp3) is 0.559. The fourth-order valence-electron chi connectivity index (χ4n) is 7.26. The quantitative estimate of drug-likeness (QED) is 0.425. The van der Waals surface area contributed by atoms with Gasteiger partial charge in [0.05, 0.1) is 17.9 Å². The van der Waals surface area contributed by atoms with Crippen LogP contribution < -0.4 is 14.4 Å². The highest BCUT2D eigenvalue weighted by Crippen LogP contribution is 2.41. The monoisotopic (exact) mass is 657 g/mol. The van der Waals surface area contributed by atoms with Crippen LogP contribution in [0.5, 0.6) is 5.75 Å². The van der Waals surface area contributed by atoms with Crippen LogP contribution in [0.15, 0.2) is 48.6 Å². The van der Waals surface area contributed by atoms with Crippen LogP contribution in [0.4, 0.5) is 5.69 Å². The molecule has 2 fully saturated rings. The summed E-state index contributed by atoms with van der Waals surface area (Å²) in [5.74, 6) is 0.342. The van der Waals surface area contributed by atoms with Gasteiger partial charge in [0.15, 0.2) is 0 Å². The molecule has 0 spiro atoms. The summed E-state index contributed by atoms with van der Waals surface area (Å²) in [7, 11) is -2.56. The van der Waals surface area contributed by atoms with Crippen molar-refractivity contribution in [3.05, 3.63) is 70.3 Å².